The number of nitrogens with two attached hydrogens (primary N) is 1. The number of amides is 3. The van der Waals surface area contributed by atoms with Crippen LogP contribution in [0.15, 0.2) is 77.7 Å². The second kappa shape index (κ2) is 10.9. The molecule has 4 rings (SSSR count). The van der Waals surface area contributed by atoms with Gasteiger partial charge in [-0.3, -0.25) is 4.79 Å². The highest BCUT2D eigenvalue weighted by Crippen LogP contribution is 2.31. The lowest BCUT2D eigenvalue weighted by molar-refractivity contribution is -0.122. The van der Waals surface area contributed by atoms with Crippen molar-refractivity contribution in [3.8, 4) is 11.1 Å². The molecule has 0 aromatic heterocycles. The maximum Gasteiger partial charge on any atom is 0.320 e. The zero-order valence-electron chi connectivity index (χ0n) is 19.2. The van der Waals surface area contributed by atoms with E-state index >= 15 is 0 Å². The summed E-state index contributed by atoms with van der Waals surface area (Å²) in [6, 6.07) is 19.5. The van der Waals surface area contributed by atoms with Crippen molar-refractivity contribution in [2.45, 2.75) is 23.3 Å². The summed E-state index contributed by atoms with van der Waals surface area (Å²) in [5.41, 5.74) is 1.13. The molecule has 1 aliphatic heterocycles. The average molecular weight is 545 g/mol. The Labute approximate surface area is 219 Å². The lowest BCUT2D eigenvalue weighted by Gasteiger charge is -2.36. The van der Waals surface area contributed by atoms with Gasteiger partial charge in [0, 0.05) is 22.0 Å². The standard InChI is InChI=1S/C25H25ClN4O4S2/c26-18-7-11-20(12-8-18)29-24(32)30-25(13-15-35-16-14-25)23(31)28-19-9-5-17(6-10-19)21-3-1-2-4-22(21)36(27,33)34/h1-12H,13-16H2,(H,28,31)(H2,27,33,34)(H2,29,30,32). The Morgan fingerprint density at radius 1 is 0.861 bits per heavy atom. The van der Waals surface area contributed by atoms with Crippen LogP contribution in [-0.2, 0) is 14.8 Å². The van der Waals surface area contributed by atoms with Gasteiger partial charge in [0.2, 0.25) is 15.9 Å². The molecular formula is C25H25ClN4O4S2. The highest BCUT2D eigenvalue weighted by atomic mass is 35.5. The zero-order valence-corrected chi connectivity index (χ0v) is 21.6. The van der Waals surface area contributed by atoms with Crippen LogP contribution in [0.2, 0.25) is 5.02 Å². The van der Waals surface area contributed by atoms with Crippen LogP contribution in [0.3, 0.4) is 0 Å². The summed E-state index contributed by atoms with van der Waals surface area (Å²) in [7, 11) is -3.89. The van der Waals surface area contributed by atoms with Gasteiger partial charge >= 0.3 is 6.03 Å². The molecule has 3 aromatic carbocycles. The van der Waals surface area contributed by atoms with Crippen LogP contribution in [0.25, 0.3) is 11.1 Å². The van der Waals surface area contributed by atoms with Gasteiger partial charge in [-0.15, -0.1) is 0 Å². The molecule has 0 radical (unpaired) electrons. The number of urea groups is 1. The molecule has 0 unspecified atom stereocenters. The number of thioether (sulfide) groups is 1. The van der Waals surface area contributed by atoms with E-state index in [1.54, 1.807) is 78.5 Å². The molecule has 3 amide bonds. The number of anilines is 2. The molecule has 0 spiro atoms. The van der Waals surface area contributed by atoms with Gasteiger partial charge in [-0.2, -0.15) is 11.8 Å². The van der Waals surface area contributed by atoms with E-state index in [-0.39, 0.29) is 10.8 Å². The SMILES string of the molecule is NS(=O)(=O)c1ccccc1-c1ccc(NC(=O)C2(NC(=O)Nc3ccc(Cl)cc3)CCSCC2)cc1. The average Bonchev–Trinajstić information content (AvgIpc) is 2.86. The van der Waals surface area contributed by atoms with Crippen molar-refractivity contribution in [1.29, 1.82) is 0 Å². The van der Waals surface area contributed by atoms with Crippen LogP contribution in [0, 0.1) is 0 Å². The Morgan fingerprint density at radius 2 is 1.44 bits per heavy atom. The molecule has 0 saturated carbocycles. The molecule has 3 aromatic rings. The lowest BCUT2D eigenvalue weighted by atomic mass is 9.91. The summed E-state index contributed by atoms with van der Waals surface area (Å²) < 4.78 is 23.9. The third-order valence-corrected chi connectivity index (χ3v) is 8.09. The van der Waals surface area contributed by atoms with Crippen LogP contribution in [0.5, 0.6) is 0 Å². The van der Waals surface area contributed by atoms with E-state index in [1.807, 2.05) is 0 Å². The summed E-state index contributed by atoms with van der Waals surface area (Å²) in [6.07, 6.45) is 0.967. The fraction of sp³-hybridized carbons (Fsp3) is 0.200. The first-order valence-electron chi connectivity index (χ1n) is 11.1. The first-order chi connectivity index (χ1) is 17.2. The van der Waals surface area contributed by atoms with Gasteiger partial charge in [0.15, 0.2) is 0 Å². The van der Waals surface area contributed by atoms with Crippen LogP contribution < -0.4 is 21.1 Å². The van der Waals surface area contributed by atoms with E-state index < -0.39 is 21.6 Å². The molecule has 0 atom stereocenters. The first-order valence-corrected chi connectivity index (χ1v) is 14.2. The first kappa shape index (κ1) is 26.0. The molecule has 8 nitrogen and oxygen atoms in total. The number of halogens is 1. The van der Waals surface area contributed by atoms with Crippen LogP contribution in [0.1, 0.15) is 12.8 Å². The third kappa shape index (κ3) is 6.19. The molecule has 36 heavy (non-hydrogen) atoms. The van der Waals surface area contributed by atoms with Crippen LogP contribution in [0.4, 0.5) is 16.2 Å². The van der Waals surface area contributed by atoms with Crippen molar-refractivity contribution in [2.24, 2.45) is 5.14 Å². The smallest absolute Gasteiger partial charge is 0.320 e. The molecule has 188 valence electrons. The number of rotatable bonds is 6. The highest BCUT2D eigenvalue weighted by molar-refractivity contribution is 7.99. The number of carbonyl (C=O) groups excluding carboxylic acids is 2. The number of benzene rings is 3. The number of hydrogen-bond donors (Lipinski definition) is 4. The number of hydrogen-bond acceptors (Lipinski definition) is 5. The minimum absolute atomic E-state index is 0.0244. The third-order valence-electron chi connectivity index (χ3n) is 5.88. The van der Waals surface area contributed by atoms with Crippen molar-refractivity contribution >= 4 is 56.7 Å². The fourth-order valence-corrected chi connectivity index (χ4v) is 6.06. The van der Waals surface area contributed by atoms with Crippen molar-refractivity contribution in [2.75, 3.05) is 22.1 Å². The van der Waals surface area contributed by atoms with Gasteiger partial charge in [0.25, 0.3) is 0 Å². The van der Waals surface area contributed by atoms with E-state index in [0.29, 0.717) is 40.4 Å². The summed E-state index contributed by atoms with van der Waals surface area (Å²) in [5, 5.41) is 14.4. The zero-order chi connectivity index (χ0) is 25.8. The molecule has 5 N–H and O–H groups in total. The summed E-state index contributed by atoms with van der Waals surface area (Å²) in [4.78, 5) is 26.2. The van der Waals surface area contributed by atoms with E-state index in [2.05, 4.69) is 16.0 Å². The Morgan fingerprint density at radius 3 is 2.08 bits per heavy atom. The number of primary sulfonamides is 1. The fourth-order valence-electron chi connectivity index (χ4n) is 3.98. The molecule has 11 heteroatoms. The topological polar surface area (TPSA) is 130 Å². The molecule has 1 saturated heterocycles. The number of sulfonamides is 1. The predicted octanol–water partition coefficient (Wildman–Crippen LogP) is 4.68. The minimum Gasteiger partial charge on any atom is -0.324 e. The van der Waals surface area contributed by atoms with Crippen LogP contribution in [-0.4, -0.2) is 37.4 Å². The summed E-state index contributed by atoms with van der Waals surface area (Å²) in [5.74, 6) is 1.15. The maximum atomic E-state index is 13.4. The second-order valence-corrected chi connectivity index (χ2v) is 11.5. The molecule has 0 bridgehead atoms. The van der Waals surface area contributed by atoms with Gasteiger partial charge in [0.05, 0.1) is 4.90 Å². The Hall–Kier alpha value is -3.05. The van der Waals surface area contributed by atoms with E-state index in [1.165, 1.54) is 6.07 Å². The van der Waals surface area contributed by atoms with Crippen molar-refractivity contribution in [3.63, 3.8) is 0 Å². The summed E-state index contributed by atoms with van der Waals surface area (Å²) >= 11 is 7.63. The monoisotopic (exact) mass is 544 g/mol. The molecular weight excluding hydrogens is 520 g/mol. The van der Waals surface area contributed by atoms with Gasteiger partial charge < -0.3 is 16.0 Å². The Kier molecular flexibility index (Phi) is 7.89. The van der Waals surface area contributed by atoms with E-state index in [4.69, 9.17) is 16.7 Å². The van der Waals surface area contributed by atoms with Gasteiger partial charge in [-0.1, -0.05) is 41.9 Å². The van der Waals surface area contributed by atoms with Gasteiger partial charge in [0.1, 0.15) is 5.54 Å². The normalized spacial score (nSPS) is 15.1. The minimum atomic E-state index is -3.89. The van der Waals surface area contributed by atoms with E-state index in [0.717, 1.165) is 11.5 Å². The molecule has 0 aliphatic carbocycles. The van der Waals surface area contributed by atoms with Crippen LogP contribution >= 0.6 is 23.4 Å². The van der Waals surface area contributed by atoms with Gasteiger partial charge in [-0.05, 0) is 72.4 Å². The van der Waals surface area contributed by atoms with Crippen molar-refractivity contribution < 1.29 is 18.0 Å². The number of carbonyl (C=O) groups is 2. The van der Waals surface area contributed by atoms with Crippen molar-refractivity contribution in [1.82, 2.24) is 5.32 Å². The highest BCUT2D eigenvalue weighted by Gasteiger charge is 2.41. The quantitative estimate of drug-likeness (QED) is 0.358. The van der Waals surface area contributed by atoms with Crippen molar-refractivity contribution in [3.05, 3.63) is 77.8 Å². The largest absolute Gasteiger partial charge is 0.324 e. The Bertz CT molecular complexity index is 1360. The number of nitrogens with one attached hydrogen (secondary N) is 3. The molecule has 1 fully saturated rings. The van der Waals surface area contributed by atoms with Gasteiger partial charge in [-0.25, -0.2) is 18.4 Å². The second-order valence-electron chi connectivity index (χ2n) is 8.35. The molecule has 1 aliphatic rings. The maximum absolute atomic E-state index is 13.4. The lowest BCUT2D eigenvalue weighted by Crippen LogP contribution is -2.59. The Balaban J connectivity index is 1.50. The molecule has 1 heterocycles. The predicted molar refractivity (Wildman–Crippen MR) is 145 cm³/mol. The summed E-state index contributed by atoms with van der Waals surface area (Å²) in [6.45, 7) is 0. The van der Waals surface area contributed by atoms with E-state index in [9.17, 15) is 18.0 Å².